The second-order valence-corrected chi connectivity index (χ2v) is 4.67. The Labute approximate surface area is 102 Å². The van der Waals surface area contributed by atoms with Gasteiger partial charge in [0.2, 0.25) is 5.91 Å². The summed E-state index contributed by atoms with van der Waals surface area (Å²) in [5, 5.41) is 2.94. The molecular weight excluding hydrogens is 218 g/mol. The SMILES string of the molecule is CSCCCC(=O)NCCc1ccccc1. The molecule has 1 amide bonds. The first-order valence-electron chi connectivity index (χ1n) is 5.62. The van der Waals surface area contributed by atoms with Gasteiger partial charge in [-0.25, -0.2) is 0 Å². The van der Waals surface area contributed by atoms with Gasteiger partial charge >= 0.3 is 0 Å². The lowest BCUT2D eigenvalue weighted by molar-refractivity contribution is -0.121. The molecule has 0 heterocycles. The lowest BCUT2D eigenvalue weighted by Gasteiger charge is -2.04. The van der Waals surface area contributed by atoms with E-state index in [0.717, 1.165) is 25.1 Å². The maximum Gasteiger partial charge on any atom is 0.220 e. The predicted molar refractivity (Wildman–Crippen MR) is 70.8 cm³/mol. The second kappa shape index (κ2) is 8.22. The Hall–Kier alpha value is -0.960. The number of carbonyl (C=O) groups excluding carboxylic acids is 1. The van der Waals surface area contributed by atoms with Gasteiger partial charge in [0.15, 0.2) is 0 Å². The molecule has 0 spiro atoms. The molecule has 0 saturated carbocycles. The van der Waals surface area contributed by atoms with Gasteiger partial charge in [-0.05, 0) is 30.4 Å². The van der Waals surface area contributed by atoms with Crippen molar-refractivity contribution in [2.24, 2.45) is 0 Å². The van der Waals surface area contributed by atoms with Gasteiger partial charge in [-0.3, -0.25) is 4.79 Å². The van der Waals surface area contributed by atoms with Crippen molar-refractivity contribution >= 4 is 17.7 Å². The van der Waals surface area contributed by atoms with Crippen molar-refractivity contribution in [1.29, 1.82) is 0 Å². The van der Waals surface area contributed by atoms with Gasteiger partial charge in [0, 0.05) is 13.0 Å². The van der Waals surface area contributed by atoms with Crippen LogP contribution < -0.4 is 5.32 Å². The molecule has 1 rings (SSSR count). The Kier molecular flexibility index (Phi) is 6.74. The molecule has 0 atom stereocenters. The van der Waals surface area contributed by atoms with E-state index < -0.39 is 0 Å². The minimum atomic E-state index is 0.171. The second-order valence-electron chi connectivity index (χ2n) is 3.68. The molecule has 0 aliphatic rings. The minimum absolute atomic E-state index is 0.171. The first-order chi connectivity index (χ1) is 7.83. The number of thioether (sulfide) groups is 1. The molecule has 0 bridgehead atoms. The number of hydrogen-bond donors (Lipinski definition) is 1. The van der Waals surface area contributed by atoms with E-state index in [9.17, 15) is 4.79 Å². The van der Waals surface area contributed by atoms with Crippen LogP contribution in [0.2, 0.25) is 0 Å². The summed E-state index contributed by atoms with van der Waals surface area (Å²) >= 11 is 1.78. The van der Waals surface area contributed by atoms with Crippen LogP contribution in [0.1, 0.15) is 18.4 Å². The van der Waals surface area contributed by atoms with Crippen molar-refractivity contribution in [3.05, 3.63) is 35.9 Å². The van der Waals surface area contributed by atoms with Crippen molar-refractivity contribution < 1.29 is 4.79 Å². The highest BCUT2D eigenvalue weighted by atomic mass is 32.2. The minimum Gasteiger partial charge on any atom is -0.356 e. The Bertz CT molecular complexity index is 300. The highest BCUT2D eigenvalue weighted by Crippen LogP contribution is 2.00. The van der Waals surface area contributed by atoms with E-state index in [1.165, 1.54) is 5.56 Å². The molecular formula is C13H19NOS. The Morgan fingerprint density at radius 2 is 2.06 bits per heavy atom. The maximum atomic E-state index is 11.4. The standard InChI is InChI=1S/C13H19NOS/c1-16-11-5-8-13(15)14-10-9-12-6-3-2-4-7-12/h2-4,6-7H,5,8-11H2,1H3,(H,14,15). The van der Waals surface area contributed by atoms with Gasteiger partial charge in [0.25, 0.3) is 0 Å². The summed E-state index contributed by atoms with van der Waals surface area (Å²) in [6.45, 7) is 0.738. The fourth-order valence-corrected chi connectivity index (χ4v) is 1.89. The van der Waals surface area contributed by atoms with Crippen molar-refractivity contribution in [2.75, 3.05) is 18.6 Å². The average Bonchev–Trinajstić information content (AvgIpc) is 2.31. The van der Waals surface area contributed by atoms with Gasteiger partial charge in [-0.2, -0.15) is 11.8 Å². The molecule has 1 aromatic rings. The summed E-state index contributed by atoms with van der Waals surface area (Å²) in [5.74, 6) is 1.23. The first-order valence-corrected chi connectivity index (χ1v) is 7.02. The summed E-state index contributed by atoms with van der Waals surface area (Å²) in [5.41, 5.74) is 1.27. The number of nitrogens with one attached hydrogen (secondary N) is 1. The van der Waals surface area contributed by atoms with E-state index in [1.54, 1.807) is 11.8 Å². The van der Waals surface area contributed by atoms with Crippen molar-refractivity contribution in [3.8, 4) is 0 Å². The van der Waals surface area contributed by atoms with Crippen molar-refractivity contribution in [1.82, 2.24) is 5.32 Å². The van der Waals surface area contributed by atoms with Crippen LogP contribution in [0.25, 0.3) is 0 Å². The molecule has 2 nitrogen and oxygen atoms in total. The van der Waals surface area contributed by atoms with E-state index in [2.05, 4.69) is 23.7 Å². The molecule has 0 aliphatic carbocycles. The number of benzene rings is 1. The number of hydrogen-bond acceptors (Lipinski definition) is 2. The molecule has 1 N–H and O–H groups in total. The quantitative estimate of drug-likeness (QED) is 0.738. The Morgan fingerprint density at radius 3 is 2.75 bits per heavy atom. The number of carbonyl (C=O) groups is 1. The Balaban J connectivity index is 2.09. The molecule has 88 valence electrons. The summed E-state index contributed by atoms with van der Waals surface area (Å²) in [6.07, 6.45) is 4.59. The van der Waals surface area contributed by atoms with Crippen LogP contribution >= 0.6 is 11.8 Å². The maximum absolute atomic E-state index is 11.4. The van der Waals surface area contributed by atoms with Gasteiger partial charge < -0.3 is 5.32 Å². The van der Waals surface area contributed by atoms with Crippen LogP contribution in [0.3, 0.4) is 0 Å². The van der Waals surface area contributed by atoms with Crippen LogP contribution in [0.15, 0.2) is 30.3 Å². The lowest BCUT2D eigenvalue weighted by Crippen LogP contribution is -2.25. The monoisotopic (exact) mass is 237 g/mol. The number of amides is 1. The van der Waals surface area contributed by atoms with Crippen LogP contribution in [0, 0.1) is 0 Å². The zero-order valence-corrected chi connectivity index (χ0v) is 10.6. The molecule has 0 aliphatic heterocycles. The van der Waals surface area contributed by atoms with E-state index in [0.29, 0.717) is 6.42 Å². The number of rotatable bonds is 7. The molecule has 16 heavy (non-hydrogen) atoms. The molecule has 0 unspecified atom stereocenters. The predicted octanol–water partition coefficient (Wildman–Crippen LogP) is 2.49. The molecule has 0 radical (unpaired) electrons. The highest BCUT2D eigenvalue weighted by Gasteiger charge is 1.99. The largest absolute Gasteiger partial charge is 0.356 e. The fraction of sp³-hybridized carbons (Fsp3) is 0.462. The topological polar surface area (TPSA) is 29.1 Å². The fourth-order valence-electron chi connectivity index (χ4n) is 1.46. The summed E-state index contributed by atoms with van der Waals surface area (Å²) < 4.78 is 0. The third kappa shape index (κ3) is 5.81. The van der Waals surface area contributed by atoms with E-state index >= 15 is 0 Å². The molecule has 3 heteroatoms. The third-order valence-electron chi connectivity index (χ3n) is 2.33. The molecule has 0 fully saturated rings. The molecule has 0 aromatic heterocycles. The van der Waals surface area contributed by atoms with Crippen LogP contribution in [0.4, 0.5) is 0 Å². The van der Waals surface area contributed by atoms with Gasteiger partial charge in [-0.15, -0.1) is 0 Å². The average molecular weight is 237 g/mol. The third-order valence-corrected chi connectivity index (χ3v) is 3.03. The van der Waals surface area contributed by atoms with Crippen LogP contribution in [-0.4, -0.2) is 24.5 Å². The summed E-state index contributed by atoms with van der Waals surface area (Å²) in [4.78, 5) is 11.4. The van der Waals surface area contributed by atoms with Gasteiger partial charge in [-0.1, -0.05) is 30.3 Å². The van der Waals surface area contributed by atoms with Gasteiger partial charge in [0.1, 0.15) is 0 Å². The summed E-state index contributed by atoms with van der Waals surface area (Å²) in [7, 11) is 0. The van der Waals surface area contributed by atoms with E-state index in [1.807, 2.05) is 18.2 Å². The van der Waals surface area contributed by atoms with Crippen molar-refractivity contribution in [3.63, 3.8) is 0 Å². The Morgan fingerprint density at radius 1 is 1.31 bits per heavy atom. The zero-order valence-electron chi connectivity index (χ0n) is 9.74. The van der Waals surface area contributed by atoms with E-state index in [-0.39, 0.29) is 5.91 Å². The normalized spacial score (nSPS) is 10.1. The summed E-state index contributed by atoms with van der Waals surface area (Å²) in [6, 6.07) is 10.2. The highest BCUT2D eigenvalue weighted by molar-refractivity contribution is 7.98. The molecule has 1 aromatic carbocycles. The smallest absolute Gasteiger partial charge is 0.220 e. The van der Waals surface area contributed by atoms with E-state index in [4.69, 9.17) is 0 Å². The van der Waals surface area contributed by atoms with Crippen molar-refractivity contribution in [2.45, 2.75) is 19.3 Å². The lowest BCUT2D eigenvalue weighted by atomic mass is 10.1. The zero-order chi connectivity index (χ0) is 11.6. The van der Waals surface area contributed by atoms with Crippen LogP contribution in [-0.2, 0) is 11.2 Å². The first kappa shape index (κ1) is 13.1. The molecule has 0 saturated heterocycles. The van der Waals surface area contributed by atoms with Gasteiger partial charge in [0.05, 0.1) is 0 Å². The van der Waals surface area contributed by atoms with Crippen LogP contribution in [0.5, 0.6) is 0 Å².